The standard InChI is InChI=1S/C24H32O2/c1-15(25)24-11-4-3-5-17(24)14-22-21-8-6-16-13-18(26)7-9-19(16)20(21)10-12-23(22,24)2/h13,17,21-22H,3-12,14H2,1-2H3/t17-,21-,22+,23+,24+/m1/s1. The summed E-state index contributed by atoms with van der Waals surface area (Å²) in [4.78, 5) is 24.9. The largest absolute Gasteiger partial charge is 0.299 e. The van der Waals surface area contributed by atoms with Crippen molar-refractivity contribution in [2.75, 3.05) is 0 Å². The van der Waals surface area contributed by atoms with Gasteiger partial charge in [0.15, 0.2) is 5.78 Å². The SMILES string of the molecule is CC(=O)[C@@]12CCCC[C@@H]1C[C@H]1[C@@H]3CCC4=CC(=O)CCC4=C3CC[C@@]12C. The molecule has 5 aliphatic carbocycles. The molecule has 0 bridgehead atoms. The van der Waals surface area contributed by atoms with Crippen molar-refractivity contribution in [3.05, 3.63) is 22.8 Å². The van der Waals surface area contributed by atoms with E-state index in [1.807, 2.05) is 13.0 Å². The van der Waals surface area contributed by atoms with Crippen molar-refractivity contribution in [2.24, 2.45) is 28.6 Å². The molecule has 0 aromatic heterocycles. The lowest BCUT2D eigenvalue weighted by molar-refractivity contribution is -0.142. The van der Waals surface area contributed by atoms with Gasteiger partial charge in [0.2, 0.25) is 0 Å². The molecule has 140 valence electrons. The topological polar surface area (TPSA) is 34.1 Å². The fourth-order valence-electron chi connectivity index (χ4n) is 8.33. The minimum Gasteiger partial charge on any atom is -0.299 e. The van der Waals surface area contributed by atoms with E-state index in [1.54, 1.807) is 11.1 Å². The van der Waals surface area contributed by atoms with Gasteiger partial charge in [-0.3, -0.25) is 9.59 Å². The summed E-state index contributed by atoms with van der Waals surface area (Å²) in [6, 6.07) is 0. The number of allylic oxidation sites excluding steroid dienone is 4. The minimum absolute atomic E-state index is 0.0369. The number of hydrogen-bond acceptors (Lipinski definition) is 2. The zero-order valence-corrected chi connectivity index (χ0v) is 16.4. The molecule has 5 aliphatic rings. The Hall–Kier alpha value is -1.18. The van der Waals surface area contributed by atoms with E-state index in [4.69, 9.17) is 0 Å². The van der Waals surface area contributed by atoms with Gasteiger partial charge in [-0.05, 0) is 98.7 Å². The third kappa shape index (κ3) is 1.99. The van der Waals surface area contributed by atoms with Crippen LogP contribution in [0, 0.1) is 28.6 Å². The maximum Gasteiger partial charge on any atom is 0.156 e. The van der Waals surface area contributed by atoms with E-state index in [1.165, 1.54) is 50.5 Å². The Kier molecular flexibility index (Phi) is 3.69. The maximum atomic E-state index is 13.0. The lowest BCUT2D eigenvalue weighted by atomic mass is 9.48. The molecule has 0 unspecified atom stereocenters. The Balaban J connectivity index is 1.58. The highest BCUT2D eigenvalue weighted by molar-refractivity contribution is 5.93. The summed E-state index contributed by atoms with van der Waals surface area (Å²) in [6.07, 6.45) is 14.5. The highest BCUT2D eigenvalue weighted by Gasteiger charge is 2.67. The molecule has 0 aromatic rings. The van der Waals surface area contributed by atoms with E-state index in [0.717, 1.165) is 19.3 Å². The van der Waals surface area contributed by atoms with Crippen molar-refractivity contribution in [3.8, 4) is 0 Å². The number of carbonyl (C=O) groups excluding carboxylic acids is 2. The van der Waals surface area contributed by atoms with Crippen molar-refractivity contribution >= 4 is 11.6 Å². The van der Waals surface area contributed by atoms with Gasteiger partial charge in [-0.25, -0.2) is 0 Å². The van der Waals surface area contributed by atoms with Gasteiger partial charge >= 0.3 is 0 Å². The highest BCUT2D eigenvalue weighted by Crippen LogP contribution is 2.72. The lowest BCUT2D eigenvalue weighted by Crippen LogP contribution is -2.51. The van der Waals surface area contributed by atoms with E-state index in [-0.39, 0.29) is 10.8 Å². The van der Waals surface area contributed by atoms with E-state index >= 15 is 0 Å². The molecule has 5 atom stereocenters. The fraction of sp³-hybridized carbons (Fsp3) is 0.750. The van der Waals surface area contributed by atoms with Crippen molar-refractivity contribution in [1.29, 1.82) is 0 Å². The Morgan fingerprint density at radius 3 is 2.73 bits per heavy atom. The monoisotopic (exact) mass is 352 g/mol. The first-order valence-corrected chi connectivity index (χ1v) is 10.9. The number of Topliss-reactive ketones (excluding diaryl/α,β-unsaturated/α-hetero) is 1. The molecule has 5 rings (SSSR count). The van der Waals surface area contributed by atoms with Gasteiger partial charge in [0.25, 0.3) is 0 Å². The third-order valence-corrected chi connectivity index (χ3v) is 9.38. The summed E-state index contributed by atoms with van der Waals surface area (Å²) in [7, 11) is 0. The molecule has 0 amide bonds. The summed E-state index contributed by atoms with van der Waals surface area (Å²) >= 11 is 0. The summed E-state index contributed by atoms with van der Waals surface area (Å²) in [5, 5.41) is 0. The Morgan fingerprint density at radius 1 is 1.08 bits per heavy atom. The van der Waals surface area contributed by atoms with Crippen LogP contribution in [0.25, 0.3) is 0 Å². The van der Waals surface area contributed by atoms with E-state index in [2.05, 4.69) is 6.92 Å². The molecule has 0 heterocycles. The van der Waals surface area contributed by atoms with Gasteiger partial charge in [0.1, 0.15) is 5.78 Å². The molecule has 0 radical (unpaired) electrons. The van der Waals surface area contributed by atoms with Crippen LogP contribution in [-0.4, -0.2) is 11.6 Å². The number of hydrogen-bond donors (Lipinski definition) is 0. The first-order valence-electron chi connectivity index (χ1n) is 10.9. The Morgan fingerprint density at radius 2 is 1.92 bits per heavy atom. The van der Waals surface area contributed by atoms with Crippen molar-refractivity contribution in [3.63, 3.8) is 0 Å². The molecule has 3 fully saturated rings. The van der Waals surface area contributed by atoms with E-state index in [9.17, 15) is 9.59 Å². The van der Waals surface area contributed by atoms with Gasteiger partial charge < -0.3 is 0 Å². The summed E-state index contributed by atoms with van der Waals surface area (Å²) in [5.41, 5.74) is 4.76. The third-order valence-electron chi connectivity index (χ3n) is 9.38. The number of fused-ring (bicyclic) bond motifs is 6. The van der Waals surface area contributed by atoms with E-state index < -0.39 is 0 Å². The van der Waals surface area contributed by atoms with Crippen molar-refractivity contribution in [2.45, 2.75) is 84.5 Å². The number of rotatable bonds is 1. The predicted molar refractivity (Wildman–Crippen MR) is 103 cm³/mol. The number of carbonyl (C=O) groups is 2. The van der Waals surface area contributed by atoms with Crippen LogP contribution in [0.1, 0.15) is 84.5 Å². The van der Waals surface area contributed by atoms with Crippen LogP contribution >= 0.6 is 0 Å². The Labute approximate surface area is 157 Å². The first-order chi connectivity index (χ1) is 12.5. The molecule has 3 saturated carbocycles. The zero-order valence-electron chi connectivity index (χ0n) is 16.4. The van der Waals surface area contributed by atoms with E-state index in [0.29, 0.717) is 35.7 Å². The smallest absolute Gasteiger partial charge is 0.156 e. The van der Waals surface area contributed by atoms with Crippen molar-refractivity contribution in [1.82, 2.24) is 0 Å². The summed E-state index contributed by atoms with van der Waals surface area (Å²) < 4.78 is 0. The van der Waals surface area contributed by atoms with Gasteiger partial charge in [-0.15, -0.1) is 0 Å². The predicted octanol–water partition coefficient (Wildman–Crippen LogP) is 5.57. The van der Waals surface area contributed by atoms with Gasteiger partial charge in [0, 0.05) is 11.8 Å². The second-order valence-corrected chi connectivity index (χ2v) is 10.0. The molecule has 0 saturated heterocycles. The van der Waals surface area contributed by atoms with Crippen LogP contribution in [0.4, 0.5) is 0 Å². The van der Waals surface area contributed by atoms with Crippen LogP contribution in [0.15, 0.2) is 22.8 Å². The molecule has 2 nitrogen and oxygen atoms in total. The minimum atomic E-state index is -0.0369. The van der Waals surface area contributed by atoms with Crippen LogP contribution in [0.3, 0.4) is 0 Å². The Bertz CT molecular complexity index is 741. The molecule has 0 aliphatic heterocycles. The maximum absolute atomic E-state index is 13.0. The van der Waals surface area contributed by atoms with Crippen molar-refractivity contribution < 1.29 is 9.59 Å². The molecule has 0 N–H and O–H groups in total. The fourth-order valence-corrected chi connectivity index (χ4v) is 8.33. The second kappa shape index (κ2) is 5.66. The average Bonchev–Trinajstić information content (AvgIpc) is 2.91. The molecule has 26 heavy (non-hydrogen) atoms. The van der Waals surface area contributed by atoms with Crippen LogP contribution in [0.2, 0.25) is 0 Å². The summed E-state index contributed by atoms with van der Waals surface area (Å²) in [5.74, 6) is 2.80. The molecular formula is C24H32O2. The molecule has 0 aromatic carbocycles. The first kappa shape index (κ1) is 17.0. The normalized spacial score (nSPS) is 44.6. The molecular weight excluding hydrogens is 320 g/mol. The van der Waals surface area contributed by atoms with Crippen LogP contribution in [0.5, 0.6) is 0 Å². The number of ketones is 2. The second-order valence-electron chi connectivity index (χ2n) is 10.0. The molecule has 2 heteroatoms. The molecule has 0 spiro atoms. The highest BCUT2D eigenvalue weighted by atomic mass is 16.1. The summed E-state index contributed by atoms with van der Waals surface area (Å²) in [6.45, 7) is 4.38. The quantitative estimate of drug-likeness (QED) is 0.618. The zero-order chi connectivity index (χ0) is 18.1. The van der Waals surface area contributed by atoms with Gasteiger partial charge in [-0.2, -0.15) is 0 Å². The lowest BCUT2D eigenvalue weighted by Gasteiger charge is -2.54. The van der Waals surface area contributed by atoms with Gasteiger partial charge in [0.05, 0.1) is 0 Å². The van der Waals surface area contributed by atoms with Crippen LogP contribution < -0.4 is 0 Å². The van der Waals surface area contributed by atoms with Crippen LogP contribution in [-0.2, 0) is 9.59 Å². The van der Waals surface area contributed by atoms with Gasteiger partial charge in [-0.1, -0.05) is 25.3 Å². The average molecular weight is 353 g/mol.